The third kappa shape index (κ3) is 3.07. The van der Waals surface area contributed by atoms with Crippen molar-refractivity contribution in [3.8, 4) is 0 Å². The van der Waals surface area contributed by atoms with Crippen molar-refractivity contribution in [1.29, 1.82) is 0 Å². The summed E-state index contributed by atoms with van der Waals surface area (Å²) in [6.45, 7) is 5.00. The van der Waals surface area contributed by atoms with Crippen LogP contribution in [0.1, 0.15) is 30.4 Å². The first kappa shape index (κ1) is 14.7. The number of nitrogens with one attached hydrogen (secondary N) is 1. The van der Waals surface area contributed by atoms with Gasteiger partial charge in [-0.25, -0.2) is 4.98 Å². The molecule has 0 saturated carbocycles. The number of aryl methyl sites for hydroxylation is 2. The molecule has 1 aromatic rings. The largest absolute Gasteiger partial charge is 0.380 e. The molecule has 1 saturated heterocycles. The van der Waals surface area contributed by atoms with E-state index < -0.39 is 0 Å². The van der Waals surface area contributed by atoms with Crippen molar-refractivity contribution in [2.45, 2.75) is 39.2 Å². The Balaban J connectivity index is 2.11. The zero-order valence-corrected chi connectivity index (χ0v) is 12.2. The summed E-state index contributed by atoms with van der Waals surface area (Å²) < 4.78 is 5.25. The van der Waals surface area contributed by atoms with Crippen LogP contribution in [-0.4, -0.2) is 47.1 Å². The van der Waals surface area contributed by atoms with E-state index in [2.05, 4.69) is 9.97 Å². The molecule has 6 nitrogen and oxygen atoms in total. The number of aromatic nitrogens is 2. The van der Waals surface area contributed by atoms with Gasteiger partial charge in [0.1, 0.15) is 5.82 Å². The van der Waals surface area contributed by atoms with E-state index in [0.29, 0.717) is 36.6 Å². The molecule has 0 radical (unpaired) electrons. The van der Waals surface area contributed by atoms with Crippen LogP contribution in [0.15, 0.2) is 4.79 Å². The highest BCUT2D eigenvalue weighted by atomic mass is 16.5. The molecule has 2 rings (SSSR count). The van der Waals surface area contributed by atoms with E-state index in [9.17, 15) is 9.59 Å². The molecule has 0 aromatic carbocycles. The summed E-state index contributed by atoms with van der Waals surface area (Å²) in [6, 6.07) is 0. The minimum atomic E-state index is -0.204. The lowest BCUT2D eigenvalue weighted by Gasteiger charge is -2.16. The molecule has 6 heteroatoms. The highest BCUT2D eigenvalue weighted by molar-refractivity contribution is 5.79. The summed E-state index contributed by atoms with van der Waals surface area (Å²) in [6.07, 6.45) is 1.74. The number of carbonyl (C=O) groups excluding carboxylic acids is 1. The topological polar surface area (TPSA) is 75.3 Å². The molecule has 1 aliphatic rings. The van der Waals surface area contributed by atoms with Gasteiger partial charge in [-0.1, -0.05) is 6.92 Å². The molecular formula is C14H21N3O3. The van der Waals surface area contributed by atoms with Gasteiger partial charge in [-0.2, -0.15) is 0 Å². The number of rotatable bonds is 4. The van der Waals surface area contributed by atoms with E-state index in [1.165, 1.54) is 0 Å². The Labute approximate surface area is 118 Å². The number of hydrogen-bond donors (Lipinski definition) is 1. The van der Waals surface area contributed by atoms with Gasteiger partial charge in [0.2, 0.25) is 5.91 Å². The summed E-state index contributed by atoms with van der Waals surface area (Å²) in [7, 11) is 1.65. The van der Waals surface area contributed by atoms with Crippen molar-refractivity contribution < 1.29 is 9.53 Å². The van der Waals surface area contributed by atoms with Crippen LogP contribution in [-0.2, 0) is 22.4 Å². The molecule has 20 heavy (non-hydrogen) atoms. The highest BCUT2D eigenvalue weighted by Crippen LogP contribution is 2.13. The number of amides is 1. The van der Waals surface area contributed by atoms with Crippen LogP contribution >= 0.6 is 0 Å². The van der Waals surface area contributed by atoms with Gasteiger partial charge in [0.25, 0.3) is 5.56 Å². The first-order valence-corrected chi connectivity index (χ1v) is 6.94. The van der Waals surface area contributed by atoms with E-state index in [0.717, 1.165) is 6.42 Å². The highest BCUT2D eigenvalue weighted by Gasteiger charge is 2.26. The number of methoxy groups -OCH3 is 1. The third-order valence-electron chi connectivity index (χ3n) is 3.77. The number of hydrogen-bond acceptors (Lipinski definition) is 4. The predicted octanol–water partition coefficient (Wildman–Crippen LogP) is 0.431. The molecule has 1 aromatic heterocycles. The number of aromatic amines is 1. The second kappa shape index (κ2) is 6.17. The van der Waals surface area contributed by atoms with Crippen LogP contribution in [0.2, 0.25) is 0 Å². The lowest BCUT2D eigenvalue weighted by molar-refractivity contribution is -0.129. The van der Waals surface area contributed by atoms with Crippen molar-refractivity contribution >= 4 is 5.91 Å². The smallest absolute Gasteiger partial charge is 0.254 e. The Bertz CT molecular complexity index is 553. The number of likely N-dealkylation sites (tertiary alicyclic amines) is 1. The van der Waals surface area contributed by atoms with E-state index in [4.69, 9.17) is 4.74 Å². The summed E-state index contributed by atoms with van der Waals surface area (Å²) in [5.41, 5.74) is 0.902. The summed E-state index contributed by atoms with van der Waals surface area (Å²) in [5.74, 6) is 0.619. The van der Waals surface area contributed by atoms with Crippen molar-refractivity contribution in [1.82, 2.24) is 14.9 Å². The van der Waals surface area contributed by atoms with E-state index in [-0.39, 0.29) is 24.0 Å². The average molecular weight is 279 g/mol. The molecule has 1 atom stereocenters. The molecule has 0 aliphatic carbocycles. The molecule has 2 heterocycles. The third-order valence-corrected chi connectivity index (χ3v) is 3.77. The quantitative estimate of drug-likeness (QED) is 0.867. The van der Waals surface area contributed by atoms with Gasteiger partial charge in [0.15, 0.2) is 0 Å². The number of carbonyl (C=O) groups is 1. The van der Waals surface area contributed by atoms with Crippen LogP contribution < -0.4 is 5.56 Å². The zero-order chi connectivity index (χ0) is 14.7. The number of ether oxygens (including phenoxy) is 1. The zero-order valence-electron chi connectivity index (χ0n) is 12.2. The van der Waals surface area contributed by atoms with Crippen LogP contribution in [0.3, 0.4) is 0 Å². The molecule has 1 N–H and O–H groups in total. The second-order valence-electron chi connectivity index (χ2n) is 5.09. The Morgan fingerprint density at radius 1 is 1.55 bits per heavy atom. The Kier molecular flexibility index (Phi) is 4.54. The monoisotopic (exact) mass is 279 g/mol. The first-order valence-electron chi connectivity index (χ1n) is 6.94. The van der Waals surface area contributed by atoms with Gasteiger partial charge >= 0.3 is 0 Å². The fourth-order valence-corrected chi connectivity index (χ4v) is 2.45. The molecule has 0 bridgehead atoms. The molecule has 1 aliphatic heterocycles. The van der Waals surface area contributed by atoms with E-state index >= 15 is 0 Å². The summed E-state index contributed by atoms with van der Waals surface area (Å²) >= 11 is 0. The predicted molar refractivity (Wildman–Crippen MR) is 74.7 cm³/mol. The lowest BCUT2D eigenvalue weighted by Crippen LogP contribution is -2.33. The van der Waals surface area contributed by atoms with Crippen molar-refractivity contribution in [3.63, 3.8) is 0 Å². The van der Waals surface area contributed by atoms with E-state index in [1.807, 2.05) is 6.92 Å². The van der Waals surface area contributed by atoms with Crippen molar-refractivity contribution in [3.05, 3.63) is 27.4 Å². The lowest BCUT2D eigenvalue weighted by atomic mass is 10.1. The SMILES string of the molecule is CCc1nc(C)c(CC(=O)N2CCC(OC)C2)c(=O)[nH]1. The van der Waals surface area contributed by atoms with Crippen LogP contribution in [0.5, 0.6) is 0 Å². The Hall–Kier alpha value is -1.69. The van der Waals surface area contributed by atoms with Gasteiger partial charge in [-0.05, 0) is 13.3 Å². The maximum absolute atomic E-state index is 12.2. The van der Waals surface area contributed by atoms with E-state index in [1.54, 1.807) is 18.9 Å². The molecule has 0 spiro atoms. The molecule has 1 amide bonds. The summed E-state index contributed by atoms with van der Waals surface area (Å²) in [4.78, 5) is 33.0. The molecular weight excluding hydrogens is 258 g/mol. The Morgan fingerprint density at radius 2 is 2.30 bits per heavy atom. The van der Waals surface area contributed by atoms with Crippen LogP contribution in [0, 0.1) is 6.92 Å². The second-order valence-corrected chi connectivity index (χ2v) is 5.09. The normalized spacial score (nSPS) is 18.6. The standard InChI is InChI=1S/C14H21N3O3/c1-4-12-15-9(2)11(14(19)16-12)7-13(18)17-6-5-10(8-17)20-3/h10H,4-8H2,1-3H3,(H,15,16,19). The van der Waals surface area contributed by atoms with Crippen LogP contribution in [0.4, 0.5) is 0 Å². The number of nitrogens with zero attached hydrogens (tertiary/aromatic N) is 2. The minimum absolute atomic E-state index is 0.0378. The van der Waals surface area contributed by atoms with Gasteiger partial charge in [0.05, 0.1) is 12.5 Å². The number of H-pyrrole nitrogens is 1. The first-order chi connectivity index (χ1) is 9.55. The fourth-order valence-electron chi connectivity index (χ4n) is 2.45. The fraction of sp³-hybridized carbons (Fsp3) is 0.643. The minimum Gasteiger partial charge on any atom is -0.380 e. The van der Waals surface area contributed by atoms with Gasteiger partial charge < -0.3 is 14.6 Å². The molecule has 1 fully saturated rings. The Morgan fingerprint density at radius 3 is 2.85 bits per heavy atom. The average Bonchev–Trinajstić information content (AvgIpc) is 2.91. The van der Waals surface area contributed by atoms with Gasteiger partial charge in [-0.3, -0.25) is 9.59 Å². The van der Waals surface area contributed by atoms with Gasteiger partial charge in [0, 0.05) is 37.9 Å². The van der Waals surface area contributed by atoms with Crippen LogP contribution in [0.25, 0.3) is 0 Å². The maximum Gasteiger partial charge on any atom is 0.254 e. The van der Waals surface area contributed by atoms with Crippen molar-refractivity contribution in [2.24, 2.45) is 0 Å². The maximum atomic E-state index is 12.2. The van der Waals surface area contributed by atoms with Gasteiger partial charge in [-0.15, -0.1) is 0 Å². The summed E-state index contributed by atoms with van der Waals surface area (Å²) in [5, 5.41) is 0. The molecule has 110 valence electrons. The molecule has 1 unspecified atom stereocenters. The van der Waals surface area contributed by atoms with Crippen molar-refractivity contribution in [2.75, 3.05) is 20.2 Å².